The monoisotopic (exact) mass is 257 g/mol. The zero-order chi connectivity index (χ0) is 10.6. The van der Waals surface area contributed by atoms with Crippen LogP contribution >= 0.6 is 15.9 Å². The molecule has 1 N–H and O–H groups in total. The normalized spacial score (nSPS) is 11.9. The second-order valence-corrected chi connectivity index (χ2v) is 3.74. The van der Waals surface area contributed by atoms with Crippen molar-refractivity contribution in [3.63, 3.8) is 0 Å². The summed E-state index contributed by atoms with van der Waals surface area (Å²) in [5.74, 6) is 0.553. The number of nitrogens with one attached hydrogen (secondary N) is 1. The van der Waals surface area contributed by atoms with Crippen LogP contribution in [0, 0.1) is 0 Å². The standard InChI is InChI=1S/C10H12BrNO2/c1-7(10(13)12-2)14-9-5-3-8(11)4-6-9/h3-7H,1-2H3,(H,12,13). The van der Waals surface area contributed by atoms with Gasteiger partial charge in [0.15, 0.2) is 6.10 Å². The van der Waals surface area contributed by atoms with E-state index in [1.54, 1.807) is 14.0 Å². The molecule has 0 aliphatic heterocycles. The van der Waals surface area contributed by atoms with Crippen LogP contribution in [0.2, 0.25) is 0 Å². The molecule has 3 nitrogen and oxygen atoms in total. The number of hydrogen-bond acceptors (Lipinski definition) is 2. The largest absolute Gasteiger partial charge is 0.481 e. The molecular weight excluding hydrogens is 246 g/mol. The number of carbonyl (C=O) groups is 1. The van der Waals surface area contributed by atoms with Gasteiger partial charge in [0, 0.05) is 11.5 Å². The van der Waals surface area contributed by atoms with Crippen LogP contribution < -0.4 is 10.1 Å². The molecule has 1 atom stereocenters. The average Bonchev–Trinajstić information content (AvgIpc) is 2.20. The topological polar surface area (TPSA) is 38.3 Å². The number of amides is 1. The summed E-state index contributed by atoms with van der Waals surface area (Å²) in [5, 5.41) is 2.52. The molecule has 0 aromatic heterocycles. The van der Waals surface area contributed by atoms with Gasteiger partial charge in [0.25, 0.3) is 5.91 Å². The lowest BCUT2D eigenvalue weighted by atomic mass is 10.3. The highest BCUT2D eigenvalue weighted by Crippen LogP contribution is 2.17. The van der Waals surface area contributed by atoms with Gasteiger partial charge in [-0.1, -0.05) is 15.9 Å². The molecule has 4 heteroatoms. The molecule has 0 bridgehead atoms. The molecule has 0 saturated carbocycles. The molecule has 0 aliphatic carbocycles. The van der Waals surface area contributed by atoms with Gasteiger partial charge in [0.05, 0.1) is 0 Å². The predicted octanol–water partition coefficient (Wildman–Crippen LogP) is 1.96. The van der Waals surface area contributed by atoms with Crippen molar-refractivity contribution in [2.75, 3.05) is 7.05 Å². The van der Waals surface area contributed by atoms with Crippen LogP contribution in [0.4, 0.5) is 0 Å². The average molecular weight is 258 g/mol. The van der Waals surface area contributed by atoms with Gasteiger partial charge < -0.3 is 10.1 Å². The van der Waals surface area contributed by atoms with Gasteiger partial charge in [0.1, 0.15) is 5.75 Å². The SMILES string of the molecule is CNC(=O)C(C)Oc1ccc(Br)cc1. The zero-order valence-corrected chi connectivity index (χ0v) is 9.67. The van der Waals surface area contributed by atoms with Crippen LogP contribution in [0.3, 0.4) is 0 Å². The Morgan fingerprint density at radius 1 is 1.43 bits per heavy atom. The van der Waals surface area contributed by atoms with Crippen LogP contribution in [-0.4, -0.2) is 19.1 Å². The third kappa shape index (κ3) is 3.03. The Kier molecular flexibility index (Phi) is 3.95. The first-order chi connectivity index (χ1) is 6.63. The van der Waals surface area contributed by atoms with E-state index in [0.717, 1.165) is 4.47 Å². The van der Waals surface area contributed by atoms with Crippen molar-refractivity contribution >= 4 is 21.8 Å². The third-order valence-corrected chi connectivity index (χ3v) is 2.27. The molecule has 1 aromatic rings. The number of rotatable bonds is 3. The van der Waals surface area contributed by atoms with Gasteiger partial charge in [-0.15, -0.1) is 0 Å². The summed E-state index contributed by atoms with van der Waals surface area (Å²) in [6.07, 6.45) is -0.471. The molecule has 0 aliphatic rings. The Morgan fingerprint density at radius 2 is 2.00 bits per heavy atom. The van der Waals surface area contributed by atoms with Gasteiger partial charge in [-0.2, -0.15) is 0 Å². The third-order valence-electron chi connectivity index (χ3n) is 1.74. The smallest absolute Gasteiger partial charge is 0.260 e. The molecule has 14 heavy (non-hydrogen) atoms. The van der Waals surface area contributed by atoms with E-state index in [0.29, 0.717) is 5.75 Å². The van der Waals surface area contributed by atoms with Gasteiger partial charge in [0.2, 0.25) is 0 Å². The van der Waals surface area contributed by atoms with E-state index in [1.165, 1.54) is 0 Å². The summed E-state index contributed by atoms with van der Waals surface area (Å²) in [6, 6.07) is 7.35. The zero-order valence-electron chi connectivity index (χ0n) is 8.08. The molecule has 0 fully saturated rings. The Hall–Kier alpha value is -1.03. The van der Waals surface area contributed by atoms with E-state index in [9.17, 15) is 4.79 Å². The first-order valence-electron chi connectivity index (χ1n) is 4.27. The minimum atomic E-state index is -0.471. The summed E-state index contributed by atoms with van der Waals surface area (Å²) in [6.45, 7) is 1.71. The van der Waals surface area contributed by atoms with E-state index >= 15 is 0 Å². The van der Waals surface area contributed by atoms with Gasteiger partial charge >= 0.3 is 0 Å². The molecule has 0 heterocycles. The summed E-state index contributed by atoms with van der Waals surface area (Å²) in [7, 11) is 1.59. The van der Waals surface area contributed by atoms with Crippen LogP contribution in [0.1, 0.15) is 6.92 Å². The number of halogens is 1. The number of ether oxygens (including phenoxy) is 1. The van der Waals surface area contributed by atoms with Crippen molar-refractivity contribution < 1.29 is 9.53 Å². The second-order valence-electron chi connectivity index (χ2n) is 2.83. The van der Waals surface area contributed by atoms with Crippen molar-refractivity contribution in [2.24, 2.45) is 0 Å². The van der Waals surface area contributed by atoms with Crippen molar-refractivity contribution in [2.45, 2.75) is 13.0 Å². The van der Waals surface area contributed by atoms with Gasteiger partial charge in [-0.3, -0.25) is 4.79 Å². The van der Waals surface area contributed by atoms with Crippen LogP contribution in [0.5, 0.6) is 5.75 Å². The van der Waals surface area contributed by atoms with Crippen molar-refractivity contribution in [1.82, 2.24) is 5.32 Å². The highest BCUT2D eigenvalue weighted by molar-refractivity contribution is 9.10. The predicted molar refractivity (Wildman–Crippen MR) is 58.3 cm³/mol. The molecule has 0 saturated heterocycles. The van der Waals surface area contributed by atoms with E-state index in [1.807, 2.05) is 24.3 Å². The maximum absolute atomic E-state index is 11.1. The van der Waals surface area contributed by atoms with Gasteiger partial charge in [-0.25, -0.2) is 0 Å². The molecule has 1 rings (SSSR count). The molecule has 1 amide bonds. The Bertz CT molecular complexity index is 310. The Morgan fingerprint density at radius 3 is 2.50 bits per heavy atom. The fourth-order valence-electron chi connectivity index (χ4n) is 0.974. The highest BCUT2D eigenvalue weighted by atomic mass is 79.9. The fourth-order valence-corrected chi connectivity index (χ4v) is 1.24. The first kappa shape index (κ1) is 11.0. The lowest BCUT2D eigenvalue weighted by Crippen LogP contribution is -2.33. The van der Waals surface area contributed by atoms with E-state index in [4.69, 9.17) is 4.74 Å². The Labute approximate surface area is 91.6 Å². The van der Waals surface area contributed by atoms with Gasteiger partial charge in [-0.05, 0) is 31.2 Å². The summed E-state index contributed by atoms with van der Waals surface area (Å²) in [4.78, 5) is 11.1. The van der Waals surface area contributed by atoms with Crippen LogP contribution in [0.25, 0.3) is 0 Å². The minimum absolute atomic E-state index is 0.132. The van der Waals surface area contributed by atoms with Crippen LogP contribution in [-0.2, 0) is 4.79 Å². The summed E-state index contributed by atoms with van der Waals surface area (Å²) in [5.41, 5.74) is 0. The number of benzene rings is 1. The molecule has 1 aromatic carbocycles. The van der Waals surface area contributed by atoms with Crippen molar-refractivity contribution in [3.05, 3.63) is 28.7 Å². The lowest BCUT2D eigenvalue weighted by Gasteiger charge is -2.12. The molecule has 1 unspecified atom stereocenters. The highest BCUT2D eigenvalue weighted by Gasteiger charge is 2.11. The van der Waals surface area contributed by atoms with E-state index in [2.05, 4.69) is 21.2 Å². The van der Waals surface area contributed by atoms with Crippen molar-refractivity contribution in [1.29, 1.82) is 0 Å². The first-order valence-corrected chi connectivity index (χ1v) is 5.06. The summed E-state index contributed by atoms with van der Waals surface area (Å²) < 4.78 is 6.37. The fraction of sp³-hybridized carbons (Fsp3) is 0.300. The maximum Gasteiger partial charge on any atom is 0.260 e. The number of likely N-dealkylation sites (N-methyl/N-ethyl adjacent to an activating group) is 1. The number of carbonyl (C=O) groups excluding carboxylic acids is 1. The van der Waals surface area contributed by atoms with Crippen molar-refractivity contribution in [3.8, 4) is 5.75 Å². The quantitative estimate of drug-likeness (QED) is 0.900. The molecule has 0 radical (unpaired) electrons. The Balaban J connectivity index is 2.60. The number of hydrogen-bond donors (Lipinski definition) is 1. The van der Waals surface area contributed by atoms with Crippen LogP contribution in [0.15, 0.2) is 28.7 Å². The lowest BCUT2D eigenvalue weighted by molar-refractivity contribution is -0.126. The minimum Gasteiger partial charge on any atom is -0.481 e. The second kappa shape index (κ2) is 5.00. The van der Waals surface area contributed by atoms with E-state index in [-0.39, 0.29) is 5.91 Å². The maximum atomic E-state index is 11.1. The molecule has 76 valence electrons. The van der Waals surface area contributed by atoms with E-state index < -0.39 is 6.10 Å². The summed E-state index contributed by atoms with van der Waals surface area (Å²) >= 11 is 3.32. The molecule has 0 spiro atoms. The molecular formula is C10H12BrNO2.